The maximum absolute atomic E-state index is 13.3. The van der Waals surface area contributed by atoms with Crippen LogP contribution in [0.15, 0.2) is 10.5 Å². The van der Waals surface area contributed by atoms with Crippen molar-refractivity contribution in [2.24, 2.45) is 11.7 Å². The van der Waals surface area contributed by atoms with Crippen molar-refractivity contribution in [3.8, 4) is 0 Å². The van der Waals surface area contributed by atoms with E-state index >= 15 is 0 Å². The molecule has 0 aromatic carbocycles. The molecular formula is C20H32N4O3S. The van der Waals surface area contributed by atoms with E-state index in [2.05, 4.69) is 11.6 Å². The SMILES string of the molecule is CSC1=C(C(=O)N2[C@@H]3CC[C@H]2CN(C(=O)[C@@H](NC(N)=O)C(C)C)C3)CCCC1. The first kappa shape index (κ1) is 21.0. The average molecular weight is 409 g/mol. The number of nitrogens with one attached hydrogen (secondary N) is 1. The van der Waals surface area contributed by atoms with Gasteiger partial charge in [0, 0.05) is 18.7 Å². The van der Waals surface area contributed by atoms with Gasteiger partial charge in [0.2, 0.25) is 5.91 Å². The Bertz CT molecular complexity index is 664. The second-order valence-corrected chi connectivity index (χ2v) is 9.28. The molecular weight excluding hydrogens is 376 g/mol. The van der Waals surface area contributed by atoms with E-state index in [1.807, 2.05) is 23.6 Å². The number of thioether (sulfide) groups is 1. The molecule has 3 atom stereocenters. The summed E-state index contributed by atoms with van der Waals surface area (Å²) in [5.41, 5.74) is 6.25. The van der Waals surface area contributed by atoms with Crippen molar-refractivity contribution in [3.63, 3.8) is 0 Å². The van der Waals surface area contributed by atoms with E-state index in [0.717, 1.165) is 44.1 Å². The number of amides is 4. The Labute approximate surface area is 171 Å². The fraction of sp³-hybridized carbons (Fsp3) is 0.750. The lowest BCUT2D eigenvalue weighted by Crippen LogP contribution is -2.61. The lowest BCUT2D eigenvalue weighted by Gasteiger charge is -2.43. The third-order valence-corrected chi connectivity index (χ3v) is 7.12. The maximum Gasteiger partial charge on any atom is 0.312 e. The van der Waals surface area contributed by atoms with Crippen molar-refractivity contribution in [2.75, 3.05) is 19.3 Å². The third kappa shape index (κ3) is 4.16. The van der Waals surface area contributed by atoms with Gasteiger partial charge in [-0.25, -0.2) is 4.79 Å². The minimum absolute atomic E-state index is 0.0474. The van der Waals surface area contributed by atoms with Crippen molar-refractivity contribution in [2.45, 2.75) is 70.5 Å². The highest BCUT2D eigenvalue weighted by Crippen LogP contribution is 2.37. The molecule has 1 aliphatic carbocycles. The second-order valence-electron chi connectivity index (χ2n) is 8.38. The van der Waals surface area contributed by atoms with Gasteiger partial charge in [0.25, 0.3) is 5.91 Å². The highest BCUT2D eigenvalue weighted by atomic mass is 32.2. The third-order valence-electron chi connectivity index (χ3n) is 6.18. The molecule has 2 bridgehead atoms. The summed E-state index contributed by atoms with van der Waals surface area (Å²) in [4.78, 5) is 42.7. The summed E-state index contributed by atoms with van der Waals surface area (Å²) < 4.78 is 0. The normalized spacial score (nSPS) is 25.9. The number of carbonyl (C=O) groups excluding carboxylic acids is 3. The minimum atomic E-state index is -0.683. The summed E-state index contributed by atoms with van der Waals surface area (Å²) in [6.45, 7) is 4.86. The zero-order valence-electron chi connectivity index (χ0n) is 17.1. The number of hydrogen-bond acceptors (Lipinski definition) is 4. The molecule has 0 aromatic rings. The highest BCUT2D eigenvalue weighted by Gasteiger charge is 2.46. The smallest absolute Gasteiger partial charge is 0.312 e. The molecule has 3 aliphatic rings. The summed E-state index contributed by atoms with van der Waals surface area (Å²) >= 11 is 1.70. The lowest BCUT2D eigenvalue weighted by atomic mass is 9.96. The molecule has 0 spiro atoms. The van der Waals surface area contributed by atoms with E-state index in [1.54, 1.807) is 11.8 Å². The first-order valence-corrected chi connectivity index (χ1v) is 11.5. The molecule has 28 heavy (non-hydrogen) atoms. The zero-order chi connectivity index (χ0) is 20.4. The van der Waals surface area contributed by atoms with Crippen LogP contribution in [0.3, 0.4) is 0 Å². The van der Waals surface area contributed by atoms with E-state index in [9.17, 15) is 14.4 Å². The molecule has 0 unspecified atom stereocenters. The Morgan fingerprint density at radius 3 is 2.25 bits per heavy atom. The van der Waals surface area contributed by atoms with Crippen molar-refractivity contribution >= 4 is 29.6 Å². The second kappa shape index (κ2) is 8.76. The van der Waals surface area contributed by atoms with Crippen molar-refractivity contribution < 1.29 is 14.4 Å². The van der Waals surface area contributed by atoms with Gasteiger partial charge in [-0.05, 0) is 55.6 Å². The molecule has 156 valence electrons. The molecule has 3 rings (SSSR count). The molecule has 0 radical (unpaired) electrons. The van der Waals surface area contributed by atoms with E-state index in [0.29, 0.717) is 13.1 Å². The van der Waals surface area contributed by atoms with Crippen LogP contribution in [0.2, 0.25) is 0 Å². The molecule has 2 fully saturated rings. The number of rotatable bonds is 5. The first-order valence-electron chi connectivity index (χ1n) is 10.3. The van der Waals surface area contributed by atoms with Gasteiger partial charge in [-0.2, -0.15) is 0 Å². The van der Waals surface area contributed by atoms with Crippen molar-refractivity contribution in [1.82, 2.24) is 15.1 Å². The largest absolute Gasteiger partial charge is 0.352 e. The maximum atomic E-state index is 13.3. The van der Waals surface area contributed by atoms with Gasteiger partial charge in [0.1, 0.15) is 6.04 Å². The number of carbonyl (C=O) groups is 3. The summed E-state index contributed by atoms with van der Waals surface area (Å²) in [5, 5.41) is 2.58. The molecule has 8 heteroatoms. The predicted octanol–water partition coefficient (Wildman–Crippen LogP) is 2.07. The summed E-state index contributed by atoms with van der Waals surface area (Å²) in [5.74, 6) is 0.0349. The lowest BCUT2D eigenvalue weighted by molar-refractivity contribution is -0.143. The number of hydrogen-bond donors (Lipinski definition) is 2. The Hall–Kier alpha value is -1.70. The fourth-order valence-corrected chi connectivity index (χ4v) is 5.55. The van der Waals surface area contributed by atoms with Gasteiger partial charge < -0.3 is 20.9 Å². The van der Waals surface area contributed by atoms with Gasteiger partial charge in [0.15, 0.2) is 0 Å². The number of urea groups is 1. The van der Waals surface area contributed by atoms with Gasteiger partial charge in [0.05, 0.1) is 12.1 Å². The van der Waals surface area contributed by atoms with Crippen LogP contribution in [-0.4, -0.2) is 65.1 Å². The highest BCUT2D eigenvalue weighted by molar-refractivity contribution is 8.02. The van der Waals surface area contributed by atoms with E-state index in [4.69, 9.17) is 5.73 Å². The van der Waals surface area contributed by atoms with Gasteiger partial charge in [-0.1, -0.05) is 13.8 Å². The first-order chi connectivity index (χ1) is 13.3. The van der Waals surface area contributed by atoms with Crippen LogP contribution in [0.25, 0.3) is 0 Å². The number of allylic oxidation sites excluding steroid dienone is 1. The standard InChI is InChI=1S/C20H32N4O3S/c1-12(2)17(22-20(21)27)19(26)23-10-13-8-9-14(11-23)24(13)18(25)15-6-4-5-7-16(15)28-3/h12-14,17H,4-11H2,1-3H3,(H3,21,22,27)/t13-,14+,17-/m0/s1. The Kier molecular flexibility index (Phi) is 6.58. The summed E-state index contributed by atoms with van der Waals surface area (Å²) in [7, 11) is 0. The van der Waals surface area contributed by atoms with E-state index in [-0.39, 0.29) is 29.8 Å². The number of likely N-dealkylation sites (tertiary alicyclic amines) is 1. The molecule has 2 saturated heterocycles. The van der Waals surface area contributed by atoms with Crippen molar-refractivity contribution in [3.05, 3.63) is 10.5 Å². The Balaban J connectivity index is 1.73. The number of piperazine rings is 1. The molecule has 0 saturated carbocycles. The fourth-order valence-electron chi connectivity index (χ4n) is 4.76. The van der Waals surface area contributed by atoms with Crippen LogP contribution in [0.5, 0.6) is 0 Å². The Morgan fingerprint density at radius 2 is 1.71 bits per heavy atom. The summed E-state index contributed by atoms with van der Waals surface area (Å²) in [6, 6.07) is -1.18. The molecule has 4 amide bonds. The molecule has 2 aliphatic heterocycles. The van der Waals surface area contributed by atoms with Crippen LogP contribution in [-0.2, 0) is 9.59 Å². The number of nitrogens with two attached hydrogens (primary N) is 1. The number of primary amides is 1. The molecule has 0 aromatic heterocycles. The van der Waals surface area contributed by atoms with Gasteiger partial charge in [-0.15, -0.1) is 11.8 Å². The number of nitrogens with zero attached hydrogens (tertiary/aromatic N) is 2. The Morgan fingerprint density at radius 1 is 1.11 bits per heavy atom. The summed E-state index contributed by atoms with van der Waals surface area (Å²) in [6.07, 6.45) is 8.02. The van der Waals surface area contributed by atoms with Crippen LogP contribution in [0.1, 0.15) is 52.4 Å². The molecule has 2 heterocycles. The van der Waals surface area contributed by atoms with E-state index in [1.165, 1.54) is 4.91 Å². The molecule has 7 nitrogen and oxygen atoms in total. The van der Waals surface area contributed by atoms with Gasteiger partial charge in [-0.3, -0.25) is 9.59 Å². The van der Waals surface area contributed by atoms with Crippen LogP contribution in [0, 0.1) is 5.92 Å². The van der Waals surface area contributed by atoms with Crippen LogP contribution >= 0.6 is 11.8 Å². The van der Waals surface area contributed by atoms with Crippen molar-refractivity contribution in [1.29, 1.82) is 0 Å². The quantitative estimate of drug-likeness (QED) is 0.728. The van der Waals surface area contributed by atoms with Crippen LogP contribution < -0.4 is 11.1 Å². The average Bonchev–Trinajstić information content (AvgIpc) is 2.93. The number of fused-ring (bicyclic) bond motifs is 2. The van der Waals surface area contributed by atoms with Gasteiger partial charge >= 0.3 is 6.03 Å². The monoisotopic (exact) mass is 408 g/mol. The van der Waals surface area contributed by atoms with E-state index < -0.39 is 12.1 Å². The van der Waals surface area contributed by atoms with Crippen LogP contribution in [0.4, 0.5) is 4.79 Å². The molecule has 3 N–H and O–H groups in total. The minimum Gasteiger partial charge on any atom is -0.352 e. The topological polar surface area (TPSA) is 95.7 Å². The zero-order valence-corrected chi connectivity index (χ0v) is 17.9. The predicted molar refractivity (Wildman–Crippen MR) is 111 cm³/mol.